The van der Waals surface area contributed by atoms with Gasteiger partial charge in [0.1, 0.15) is 5.82 Å². The Morgan fingerprint density at radius 1 is 0.966 bits per heavy atom. The Bertz CT molecular complexity index is 879. The van der Waals surface area contributed by atoms with Gasteiger partial charge in [-0.15, -0.1) is 0 Å². The van der Waals surface area contributed by atoms with Gasteiger partial charge in [-0.3, -0.25) is 14.5 Å². The zero-order valence-corrected chi connectivity index (χ0v) is 16.3. The molecule has 0 aliphatic carbocycles. The third-order valence-corrected chi connectivity index (χ3v) is 5.47. The van der Waals surface area contributed by atoms with E-state index < -0.39 is 0 Å². The van der Waals surface area contributed by atoms with Crippen molar-refractivity contribution in [1.82, 2.24) is 4.90 Å². The highest BCUT2D eigenvalue weighted by atomic mass is 19.1. The van der Waals surface area contributed by atoms with Crippen molar-refractivity contribution in [3.8, 4) is 0 Å². The molecule has 6 nitrogen and oxygen atoms in total. The monoisotopic (exact) mass is 396 g/mol. The number of piperazine rings is 1. The van der Waals surface area contributed by atoms with E-state index in [1.54, 1.807) is 17.0 Å². The molecule has 0 radical (unpaired) electrons. The second-order valence-corrected chi connectivity index (χ2v) is 7.45. The van der Waals surface area contributed by atoms with Crippen molar-refractivity contribution >= 4 is 28.9 Å². The van der Waals surface area contributed by atoms with Gasteiger partial charge in [0.15, 0.2) is 0 Å². The average Bonchev–Trinajstić information content (AvgIpc) is 3.15. The second kappa shape index (κ2) is 8.61. The van der Waals surface area contributed by atoms with Crippen molar-refractivity contribution in [2.45, 2.75) is 12.8 Å². The van der Waals surface area contributed by atoms with Crippen molar-refractivity contribution in [1.29, 1.82) is 0 Å². The Hall–Kier alpha value is -2.93. The first-order valence-electron chi connectivity index (χ1n) is 10.0. The lowest BCUT2D eigenvalue weighted by atomic mass is 10.2. The van der Waals surface area contributed by atoms with Crippen LogP contribution in [-0.4, -0.2) is 56.0 Å². The van der Waals surface area contributed by atoms with Crippen LogP contribution in [0.5, 0.6) is 0 Å². The first kappa shape index (κ1) is 19.4. The predicted octanol–water partition coefficient (Wildman–Crippen LogP) is 2.71. The van der Waals surface area contributed by atoms with Gasteiger partial charge in [0.2, 0.25) is 11.8 Å². The van der Waals surface area contributed by atoms with Crippen LogP contribution in [0.1, 0.15) is 12.8 Å². The van der Waals surface area contributed by atoms with Crippen molar-refractivity contribution in [3.63, 3.8) is 0 Å². The molecule has 0 spiro atoms. The molecule has 2 saturated heterocycles. The summed E-state index contributed by atoms with van der Waals surface area (Å²) in [4.78, 5) is 30.7. The summed E-state index contributed by atoms with van der Waals surface area (Å²) in [6.07, 6.45) is 1.40. The Morgan fingerprint density at radius 3 is 2.38 bits per heavy atom. The summed E-state index contributed by atoms with van der Waals surface area (Å²) >= 11 is 0. The van der Waals surface area contributed by atoms with Crippen molar-refractivity contribution in [2.24, 2.45) is 0 Å². The summed E-state index contributed by atoms with van der Waals surface area (Å²) in [6, 6.07) is 14.0. The molecule has 2 amide bonds. The van der Waals surface area contributed by atoms with E-state index in [9.17, 15) is 14.0 Å². The maximum absolute atomic E-state index is 13.1. The van der Waals surface area contributed by atoms with Crippen LogP contribution in [0, 0.1) is 5.82 Å². The SMILES string of the molecule is O=C(CN1CCN(c2ccc(F)cc2)CC1)Nc1ccccc1N1CCCC1=O. The lowest BCUT2D eigenvalue weighted by Gasteiger charge is -2.35. The number of anilines is 3. The van der Waals surface area contributed by atoms with Gasteiger partial charge in [-0.05, 0) is 42.8 Å². The van der Waals surface area contributed by atoms with E-state index in [1.807, 2.05) is 24.3 Å². The highest BCUT2D eigenvalue weighted by molar-refractivity contribution is 6.02. The van der Waals surface area contributed by atoms with E-state index in [1.165, 1.54) is 12.1 Å². The molecule has 2 aromatic carbocycles. The first-order valence-corrected chi connectivity index (χ1v) is 10.0. The van der Waals surface area contributed by atoms with Gasteiger partial charge in [-0.2, -0.15) is 0 Å². The Labute approximate surface area is 169 Å². The molecule has 152 valence electrons. The number of carbonyl (C=O) groups is 2. The van der Waals surface area contributed by atoms with Crippen molar-refractivity contribution < 1.29 is 14.0 Å². The summed E-state index contributed by atoms with van der Waals surface area (Å²) in [6.45, 7) is 4.10. The van der Waals surface area contributed by atoms with Gasteiger partial charge in [-0.1, -0.05) is 12.1 Å². The molecule has 0 bridgehead atoms. The average molecular weight is 396 g/mol. The van der Waals surface area contributed by atoms with E-state index in [4.69, 9.17) is 0 Å². The van der Waals surface area contributed by atoms with Crippen LogP contribution in [-0.2, 0) is 9.59 Å². The molecule has 4 rings (SSSR count). The van der Waals surface area contributed by atoms with Crippen LogP contribution in [0.3, 0.4) is 0 Å². The standard InChI is InChI=1S/C22H25FN4O2/c23-17-7-9-18(10-8-17)26-14-12-25(13-15-26)16-21(28)24-19-4-1-2-5-20(19)27-11-3-6-22(27)29/h1-2,4-5,7-10H,3,6,11-16H2,(H,24,28). The molecule has 2 fully saturated rings. The van der Waals surface area contributed by atoms with Crippen LogP contribution in [0.15, 0.2) is 48.5 Å². The molecule has 1 N–H and O–H groups in total. The molecule has 0 saturated carbocycles. The van der Waals surface area contributed by atoms with Crippen LogP contribution >= 0.6 is 0 Å². The lowest BCUT2D eigenvalue weighted by Crippen LogP contribution is -2.48. The van der Waals surface area contributed by atoms with Gasteiger partial charge >= 0.3 is 0 Å². The number of nitrogens with zero attached hydrogens (tertiary/aromatic N) is 3. The first-order chi connectivity index (χ1) is 14.1. The summed E-state index contributed by atoms with van der Waals surface area (Å²) in [7, 11) is 0. The maximum Gasteiger partial charge on any atom is 0.238 e. The minimum absolute atomic E-state index is 0.0840. The Balaban J connectivity index is 1.32. The van der Waals surface area contributed by atoms with E-state index in [-0.39, 0.29) is 17.6 Å². The molecule has 0 aromatic heterocycles. The van der Waals surface area contributed by atoms with Gasteiger partial charge in [-0.25, -0.2) is 4.39 Å². The number of amides is 2. The number of carbonyl (C=O) groups excluding carboxylic acids is 2. The van der Waals surface area contributed by atoms with Crippen LogP contribution in [0.4, 0.5) is 21.5 Å². The summed E-state index contributed by atoms with van der Waals surface area (Å²) in [5.74, 6) is -0.220. The fourth-order valence-corrected chi connectivity index (χ4v) is 3.93. The number of hydrogen-bond donors (Lipinski definition) is 1. The maximum atomic E-state index is 13.1. The molecule has 2 heterocycles. The highest BCUT2D eigenvalue weighted by Gasteiger charge is 2.25. The molecular formula is C22H25FN4O2. The van der Waals surface area contributed by atoms with Crippen LogP contribution in [0.25, 0.3) is 0 Å². The lowest BCUT2D eigenvalue weighted by molar-refractivity contribution is -0.118. The van der Waals surface area contributed by atoms with Gasteiger partial charge in [0.25, 0.3) is 0 Å². The van der Waals surface area contributed by atoms with E-state index in [0.29, 0.717) is 25.2 Å². The van der Waals surface area contributed by atoms with E-state index in [2.05, 4.69) is 15.1 Å². The second-order valence-electron chi connectivity index (χ2n) is 7.45. The van der Waals surface area contributed by atoms with Crippen molar-refractivity contribution in [2.75, 3.05) is 54.4 Å². The minimum Gasteiger partial charge on any atom is -0.369 e. The zero-order valence-electron chi connectivity index (χ0n) is 16.3. The molecule has 2 aliphatic heterocycles. The number of hydrogen-bond acceptors (Lipinski definition) is 4. The highest BCUT2D eigenvalue weighted by Crippen LogP contribution is 2.29. The largest absolute Gasteiger partial charge is 0.369 e. The summed E-state index contributed by atoms with van der Waals surface area (Å²) < 4.78 is 13.1. The summed E-state index contributed by atoms with van der Waals surface area (Å²) in [5.41, 5.74) is 2.45. The van der Waals surface area contributed by atoms with Crippen molar-refractivity contribution in [3.05, 3.63) is 54.3 Å². The number of nitrogens with one attached hydrogen (secondary N) is 1. The van der Waals surface area contributed by atoms with Gasteiger partial charge < -0.3 is 15.1 Å². The fourth-order valence-electron chi connectivity index (χ4n) is 3.93. The molecule has 2 aromatic rings. The Morgan fingerprint density at radius 2 is 1.69 bits per heavy atom. The molecular weight excluding hydrogens is 371 g/mol. The van der Waals surface area contributed by atoms with Gasteiger partial charge in [0, 0.05) is 44.8 Å². The van der Waals surface area contributed by atoms with E-state index in [0.717, 1.165) is 44.0 Å². The number of benzene rings is 2. The zero-order chi connectivity index (χ0) is 20.2. The third kappa shape index (κ3) is 4.56. The number of para-hydroxylation sites is 2. The minimum atomic E-state index is -0.236. The quantitative estimate of drug-likeness (QED) is 0.844. The topological polar surface area (TPSA) is 55.9 Å². The van der Waals surface area contributed by atoms with Crippen LogP contribution < -0.4 is 15.1 Å². The third-order valence-electron chi connectivity index (χ3n) is 5.47. The number of rotatable bonds is 5. The molecule has 7 heteroatoms. The smallest absolute Gasteiger partial charge is 0.238 e. The number of halogens is 1. The van der Waals surface area contributed by atoms with E-state index >= 15 is 0 Å². The van der Waals surface area contributed by atoms with Crippen LogP contribution in [0.2, 0.25) is 0 Å². The Kier molecular flexibility index (Phi) is 5.76. The molecule has 2 aliphatic rings. The van der Waals surface area contributed by atoms with Gasteiger partial charge in [0.05, 0.1) is 17.9 Å². The molecule has 29 heavy (non-hydrogen) atoms. The molecule has 0 unspecified atom stereocenters. The predicted molar refractivity (Wildman–Crippen MR) is 112 cm³/mol. The summed E-state index contributed by atoms with van der Waals surface area (Å²) in [5, 5.41) is 2.97. The fraction of sp³-hybridized carbons (Fsp3) is 0.364. The normalized spacial score (nSPS) is 17.6. The molecule has 0 atom stereocenters.